The van der Waals surface area contributed by atoms with Gasteiger partial charge in [0.1, 0.15) is 12.2 Å². The maximum absolute atomic E-state index is 13.1. The third kappa shape index (κ3) is 4.87. The lowest BCUT2D eigenvalue weighted by atomic mass is 9.68. The molecular weight excluding hydrogens is 594 g/mol. The van der Waals surface area contributed by atoms with Crippen molar-refractivity contribution in [3.8, 4) is 29.3 Å². The molecule has 0 radical (unpaired) electrons. The number of carbonyl (C=O) groups is 1. The highest BCUT2D eigenvalue weighted by Crippen LogP contribution is 2.54. The summed E-state index contributed by atoms with van der Waals surface area (Å²) in [5.74, 6) is 1.96. The molecule has 1 spiro atoms. The zero-order chi connectivity index (χ0) is 32.3. The van der Waals surface area contributed by atoms with E-state index in [1.165, 1.54) is 0 Å². The maximum atomic E-state index is 13.1. The molecule has 4 aliphatic rings. The lowest BCUT2D eigenvalue weighted by Gasteiger charge is -2.33. The summed E-state index contributed by atoms with van der Waals surface area (Å²) in [6, 6.07) is 10.0. The van der Waals surface area contributed by atoms with Crippen LogP contribution in [0.4, 0.5) is 5.69 Å². The van der Waals surface area contributed by atoms with E-state index >= 15 is 0 Å². The fourth-order valence-corrected chi connectivity index (χ4v) is 8.40. The highest BCUT2D eigenvalue weighted by atomic mass is 16.5. The van der Waals surface area contributed by atoms with Crippen LogP contribution < -0.4 is 10.5 Å². The molecule has 4 aromatic rings. The third-order valence-electron chi connectivity index (χ3n) is 10.8. The van der Waals surface area contributed by atoms with Crippen molar-refractivity contribution < 1.29 is 14.1 Å². The van der Waals surface area contributed by atoms with Gasteiger partial charge >= 0.3 is 0 Å². The van der Waals surface area contributed by atoms with E-state index in [0.717, 1.165) is 99.9 Å². The minimum atomic E-state index is -0.472. The second-order valence-electron chi connectivity index (χ2n) is 13.5. The number of hydrogen-bond acceptors (Lipinski definition) is 10. The molecule has 2 saturated heterocycles. The number of nitrogen functional groups attached to an aromatic ring is 1. The molecule has 2 aliphatic carbocycles. The van der Waals surface area contributed by atoms with Gasteiger partial charge in [-0.05, 0) is 102 Å². The molecule has 12 heteroatoms. The zero-order valence-electron chi connectivity index (χ0n) is 26.9. The number of likely N-dealkylation sites (N-methyl/N-ethyl adjacent to an activating group) is 1. The van der Waals surface area contributed by atoms with Gasteiger partial charge in [-0.1, -0.05) is 11.2 Å². The molecule has 0 bridgehead atoms. The Balaban J connectivity index is 1.21. The number of carbonyl (C=O) groups excluding carboxylic acids is 1. The van der Waals surface area contributed by atoms with Crippen LogP contribution in [0.1, 0.15) is 90.4 Å². The van der Waals surface area contributed by atoms with Crippen molar-refractivity contribution >= 4 is 11.6 Å². The number of fused-ring (bicyclic) bond motifs is 4. The molecule has 3 atom stereocenters. The summed E-state index contributed by atoms with van der Waals surface area (Å²) in [5, 5.41) is 19.4. The van der Waals surface area contributed by atoms with Gasteiger partial charge in [-0.25, -0.2) is 9.67 Å². The third-order valence-corrected chi connectivity index (χ3v) is 10.8. The van der Waals surface area contributed by atoms with Crippen LogP contribution in [0.5, 0.6) is 5.88 Å². The Bertz CT molecular complexity index is 1900. The van der Waals surface area contributed by atoms with Crippen LogP contribution in [0.3, 0.4) is 0 Å². The SMILES string of the molecule is C[C@H](Oc1cc(-n2ccc(C(=O)N3CCCC3)n2)nc(-c2noc3c2CCC[C@@]32CCc3ccc(N)c(C#N)c32)n1)[C@@H]1CCCN1C. The second kappa shape index (κ2) is 11.5. The van der Waals surface area contributed by atoms with Gasteiger partial charge in [0.25, 0.3) is 5.91 Å². The highest BCUT2D eigenvalue weighted by Gasteiger charge is 2.49. The molecule has 2 aliphatic heterocycles. The number of hydrogen-bond donors (Lipinski definition) is 1. The molecule has 242 valence electrons. The summed E-state index contributed by atoms with van der Waals surface area (Å²) in [7, 11) is 2.13. The molecule has 2 fully saturated rings. The average Bonchev–Trinajstić information content (AvgIpc) is 3.92. The van der Waals surface area contributed by atoms with Crippen molar-refractivity contribution in [3.05, 3.63) is 64.2 Å². The van der Waals surface area contributed by atoms with Crippen LogP contribution in [-0.2, 0) is 18.3 Å². The summed E-state index contributed by atoms with van der Waals surface area (Å²) >= 11 is 0. The average molecular weight is 634 g/mol. The van der Waals surface area contributed by atoms with E-state index in [1.54, 1.807) is 23.0 Å². The number of benzene rings is 1. The van der Waals surface area contributed by atoms with Crippen LogP contribution in [0.2, 0.25) is 0 Å². The molecular formula is C35H39N9O3. The number of aromatic nitrogens is 5. The Morgan fingerprint density at radius 1 is 1.13 bits per heavy atom. The predicted octanol–water partition coefficient (Wildman–Crippen LogP) is 4.44. The van der Waals surface area contributed by atoms with Crippen LogP contribution >= 0.6 is 0 Å². The van der Waals surface area contributed by atoms with E-state index in [-0.39, 0.29) is 18.1 Å². The molecule has 2 N–H and O–H groups in total. The Kier molecular flexibility index (Phi) is 7.24. The number of nitriles is 1. The first kappa shape index (κ1) is 29.6. The summed E-state index contributed by atoms with van der Waals surface area (Å²) < 4.78 is 14.4. The van der Waals surface area contributed by atoms with Crippen LogP contribution in [0, 0.1) is 11.3 Å². The van der Waals surface area contributed by atoms with Gasteiger partial charge in [-0.15, -0.1) is 0 Å². The van der Waals surface area contributed by atoms with E-state index in [2.05, 4.69) is 35.2 Å². The number of anilines is 1. The zero-order valence-corrected chi connectivity index (χ0v) is 26.9. The van der Waals surface area contributed by atoms with Crippen molar-refractivity contribution in [2.75, 3.05) is 32.4 Å². The van der Waals surface area contributed by atoms with Gasteiger partial charge in [0.15, 0.2) is 28.8 Å². The van der Waals surface area contributed by atoms with Crippen molar-refractivity contribution in [2.45, 2.75) is 82.3 Å². The number of nitrogens with two attached hydrogens (primary N) is 1. The lowest BCUT2D eigenvalue weighted by Crippen LogP contribution is -2.38. The van der Waals surface area contributed by atoms with Crippen molar-refractivity contribution in [1.82, 2.24) is 34.7 Å². The van der Waals surface area contributed by atoms with Gasteiger partial charge in [0, 0.05) is 42.6 Å². The van der Waals surface area contributed by atoms with Gasteiger partial charge in [-0.3, -0.25) is 9.69 Å². The fourth-order valence-electron chi connectivity index (χ4n) is 8.40. The van der Waals surface area contributed by atoms with Gasteiger partial charge in [0.2, 0.25) is 5.88 Å². The normalized spacial score (nSPS) is 22.7. The Morgan fingerprint density at radius 2 is 1.98 bits per heavy atom. The summed E-state index contributed by atoms with van der Waals surface area (Å²) in [6.45, 7) is 4.61. The first-order valence-electron chi connectivity index (χ1n) is 16.8. The summed E-state index contributed by atoms with van der Waals surface area (Å²) in [6.07, 6.45) is 10.0. The van der Waals surface area contributed by atoms with Gasteiger partial charge in [0.05, 0.1) is 11.0 Å². The first-order valence-corrected chi connectivity index (χ1v) is 16.8. The number of aryl methyl sites for hydroxylation is 1. The van der Waals surface area contributed by atoms with E-state index in [9.17, 15) is 10.1 Å². The number of ether oxygens (including phenoxy) is 1. The summed E-state index contributed by atoms with van der Waals surface area (Å²) in [4.78, 5) is 27.1. The summed E-state index contributed by atoms with van der Waals surface area (Å²) in [5.41, 5.74) is 10.9. The van der Waals surface area contributed by atoms with Gasteiger partial charge in [-0.2, -0.15) is 15.3 Å². The molecule has 5 heterocycles. The molecule has 8 rings (SSSR count). The maximum Gasteiger partial charge on any atom is 0.274 e. The van der Waals surface area contributed by atoms with E-state index in [0.29, 0.717) is 40.2 Å². The Hall–Kier alpha value is -4.76. The Morgan fingerprint density at radius 3 is 2.77 bits per heavy atom. The van der Waals surface area contributed by atoms with Gasteiger partial charge < -0.3 is 19.9 Å². The van der Waals surface area contributed by atoms with E-state index < -0.39 is 5.41 Å². The molecule has 3 aromatic heterocycles. The molecule has 1 amide bonds. The number of nitrogens with zero attached hydrogens (tertiary/aromatic N) is 8. The smallest absolute Gasteiger partial charge is 0.274 e. The quantitative estimate of drug-likeness (QED) is 0.302. The Labute approximate surface area is 273 Å². The first-order chi connectivity index (χ1) is 22.9. The largest absolute Gasteiger partial charge is 0.473 e. The van der Waals surface area contributed by atoms with Crippen LogP contribution in [-0.4, -0.2) is 79.4 Å². The number of amides is 1. The standard InChI is InChI=1S/C35H39N9O3/c1-21(27-8-6-15-42(27)2)46-29-19-28(44-18-12-26(40-44)34(45)43-16-3-4-17-43)38-33(39-29)31-23-7-5-13-35(32(23)47-41-31)14-11-22-9-10-25(37)24(20-36)30(22)35/h9-10,12,18-19,21,27H,3-8,11,13-17,37H2,1-2H3/t21-,27-,35-/m0/s1. The van der Waals surface area contributed by atoms with Crippen LogP contribution in [0.25, 0.3) is 17.3 Å². The molecule has 47 heavy (non-hydrogen) atoms. The monoisotopic (exact) mass is 633 g/mol. The second-order valence-corrected chi connectivity index (χ2v) is 13.5. The predicted molar refractivity (Wildman–Crippen MR) is 173 cm³/mol. The minimum absolute atomic E-state index is 0.0741. The van der Waals surface area contributed by atoms with E-state index in [4.69, 9.17) is 25.0 Å². The van der Waals surface area contributed by atoms with Crippen LogP contribution in [0.15, 0.2) is 35.0 Å². The number of likely N-dealkylation sites (tertiary alicyclic amines) is 2. The fraction of sp³-hybridized carbons (Fsp3) is 0.486. The topological polar surface area (TPSA) is 152 Å². The molecule has 0 saturated carbocycles. The van der Waals surface area contributed by atoms with Crippen molar-refractivity contribution in [3.63, 3.8) is 0 Å². The van der Waals surface area contributed by atoms with Crippen molar-refractivity contribution in [2.24, 2.45) is 0 Å². The lowest BCUT2D eigenvalue weighted by molar-refractivity contribution is 0.0786. The minimum Gasteiger partial charge on any atom is -0.473 e. The van der Waals surface area contributed by atoms with Crippen molar-refractivity contribution in [1.29, 1.82) is 5.26 Å². The molecule has 12 nitrogen and oxygen atoms in total. The molecule has 1 aromatic carbocycles. The number of rotatable bonds is 6. The highest BCUT2D eigenvalue weighted by molar-refractivity contribution is 5.92. The molecule has 0 unspecified atom stereocenters. The van der Waals surface area contributed by atoms with E-state index in [1.807, 2.05) is 17.0 Å².